The summed E-state index contributed by atoms with van der Waals surface area (Å²) < 4.78 is 0. The molecule has 5 nitrogen and oxygen atoms in total. The molecule has 0 fully saturated rings. The Bertz CT molecular complexity index is 671. The number of rotatable bonds is 4. The highest BCUT2D eigenvalue weighted by Gasteiger charge is 2.08. The predicted octanol–water partition coefficient (Wildman–Crippen LogP) is 2.84. The van der Waals surface area contributed by atoms with Crippen molar-refractivity contribution in [3.8, 4) is 6.07 Å². The van der Waals surface area contributed by atoms with Crippen LogP contribution < -0.4 is 10.6 Å². The third kappa shape index (κ3) is 3.80. The highest BCUT2D eigenvalue weighted by atomic mass is 16.1. The Morgan fingerprint density at radius 2 is 2.00 bits per heavy atom. The van der Waals surface area contributed by atoms with E-state index in [0.29, 0.717) is 16.9 Å². The molecule has 1 aromatic carbocycles. The number of benzene rings is 1. The summed E-state index contributed by atoms with van der Waals surface area (Å²) in [6.45, 7) is 3.79. The van der Waals surface area contributed by atoms with E-state index in [2.05, 4.69) is 21.7 Å². The lowest BCUT2D eigenvalue weighted by atomic mass is 10.2. The summed E-state index contributed by atoms with van der Waals surface area (Å²) in [6, 6.07) is 12.8. The number of nitriles is 1. The normalized spacial score (nSPS) is 10.0. The first-order chi connectivity index (χ1) is 10.1. The highest BCUT2D eigenvalue weighted by Crippen LogP contribution is 2.19. The van der Waals surface area contributed by atoms with Crippen LogP contribution in [0.5, 0.6) is 0 Å². The molecule has 0 saturated heterocycles. The Kier molecular flexibility index (Phi) is 4.52. The fourth-order valence-corrected chi connectivity index (χ4v) is 1.78. The Morgan fingerprint density at radius 3 is 2.62 bits per heavy atom. The standard InChI is InChI=1S/C16H16N4O/c1-11(2)19-16(21)15-8-7-13(10-18-15)20-14-6-4-3-5-12(14)9-17/h3-8,10-11,20H,1-2H3,(H,19,21). The first-order valence-electron chi connectivity index (χ1n) is 6.63. The van der Waals surface area contributed by atoms with Crippen molar-refractivity contribution in [2.75, 3.05) is 5.32 Å². The molecule has 1 aromatic heterocycles. The molecule has 21 heavy (non-hydrogen) atoms. The van der Waals surface area contributed by atoms with Gasteiger partial charge in [-0.1, -0.05) is 12.1 Å². The maximum Gasteiger partial charge on any atom is 0.270 e. The average Bonchev–Trinajstić information content (AvgIpc) is 2.48. The number of hydrogen-bond donors (Lipinski definition) is 2. The molecule has 5 heteroatoms. The topological polar surface area (TPSA) is 77.8 Å². The molecule has 0 radical (unpaired) electrons. The van der Waals surface area contributed by atoms with Crippen molar-refractivity contribution < 1.29 is 4.79 Å². The van der Waals surface area contributed by atoms with Crippen LogP contribution in [0.3, 0.4) is 0 Å². The summed E-state index contributed by atoms with van der Waals surface area (Å²) in [5.74, 6) is -0.200. The second kappa shape index (κ2) is 6.53. The fourth-order valence-electron chi connectivity index (χ4n) is 1.78. The van der Waals surface area contributed by atoms with Crippen LogP contribution in [0.4, 0.5) is 11.4 Å². The molecule has 2 N–H and O–H groups in total. The van der Waals surface area contributed by atoms with Crippen LogP contribution in [0.15, 0.2) is 42.6 Å². The Balaban J connectivity index is 2.13. The average molecular weight is 280 g/mol. The van der Waals surface area contributed by atoms with Gasteiger partial charge in [0.15, 0.2) is 0 Å². The number of nitrogens with one attached hydrogen (secondary N) is 2. The second-order valence-corrected chi connectivity index (χ2v) is 4.84. The van der Waals surface area contributed by atoms with Crippen LogP contribution in [0, 0.1) is 11.3 Å². The first-order valence-corrected chi connectivity index (χ1v) is 6.63. The van der Waals surface area contributed by atoms with Crippen LogP contribution in [-0.2, 0) is 0 Å². The van der Waals surface area contributed by atoms with Crippen LogP contribution in [-0.4, -0.2) is 16.9 Å². The van der Waals surface area contributed by atoms with E-state index in [1.54, 1.807) is 30.5 Å². The molecule has 0 unspecified atom stereocenters. The molecule has 1 amide bonds. The van der Waals surface area contributed by atoms with E-state index in [-0.39, 0.29) is 11.9 Å². The molecule has 1 heterocycles. The minimum atomic E-state index is -0.200. The zero-order valence-electron chi connectivity index (χ0n) is 11.9. The van der Waals surface area contributed by atoms with Crippen LogP contribution in [0.25, 0.3) is 0 Å². The van der Waals surface area contributed by atoms with Gasteiger partial charge in [-0.05, 0) is 38.1 Å². The monoisotopic (exact) mass is 280 g/mol. The van der Waals surface area contributed by atoms with Gasteiger partial charge in [0.1, 0.15) is 11.8 Å². The number of aromatic nitrogens is 1. The lowest BCUT2D eigenvalue weighted by Gasteiger charge is -2.10. The number of carbonyl (C=O) groups excluding carboxylic acids is 1. The largest absolute Gasteiger partial charge is 0.353 e. The Morgan fingerprint density at radius 1 is 1.24 bits per heavy atom. The summed E-state index contributed by atoms with van der Waals surface area (Å²) in [5, 5.41) is 14.9. The fraction of sp³-hybridized carbons (Fsp3) is 0.188. The van der Waals surface area contributed by atoms with Crippen molar-refractivity contribution >= 4 is 17.3 Å². The van der Waals surface area contributed by atoms with E-state index in [0.717, 1.165) is 5.69 Å². The van der Waals surface area contributed by atoms with Gasteiger partial charge in [0.05, 0.1) is 23.1 Å². The van der Waals surface area contributed by atoms with E-state index in [4.69, 9.17) is 5.26 Å². The van der Waals surface area contributed by atoms with Crippen molar-refractivity contribution in [2.45, 2.75) is 19.9 Å². The molecule has 0 bridgehead atoms. The molecule has 0 atom stereocenters. The van der Waals surface area contributed by atoms with Gasteiger partial charge in [-0.3, -0.25) is 4.79 Å². The van der Waals surface area contributed by atoms with Crippen LogP contribution in [0.1, 0.15) is 29.9 Å². The van der Waals surface area contributed by atoms with Gasteiger partial charge in [-0.15, -0.1) is 0 Å². The smallest absolute Gasteiger partial charge is 0.270 e. The molecular formula is C16H16N4O. The lowest BCUT2D eigenvalue weighted by Crippen LogP contribution is -2.30. The van der Waals surface area contributed by atoms with Gasteiger partial charge in [0, 0.05) is 6.04 Å². The van der Waals surface area contributed by atoms with Crippen molar-refractivity contribution in [1.82, 2.24) is 10.3 Å². The number of amides is 1. The summed E-state index contributed by atoms with van der Waals surface area (Å²) >= 11 is 0. The molecule has 0 aliphatic heterocycles. The molecule has 106 valence electrons. The lowest BCUT2D eigenvalue weighted by molar-refractivity contribution is 0.0938. The van der Waals surface area contributed by atoms with Crippen LogP contribution in [0.2, 0.25) is 0 Å². The number of anilines is 2. The number of hydrogen-bond acceptors (Lipinski definition) is 4. The summed E-state index contributed by atoms with van der Waals surface area (Å²) in [6.07, 6.45) is 1.57. The van der Waals surface area contributed by atoms with Crippen molar-refractivity contribution in [3.63, 3.8) is 0 Å². The third-order valence-electron chi connectivity index (χ3n) is 2.74. The summed E-state index contributed by atoms with van der Waals surface area (Å²) in [5.41, 5.74) is 2.35. The second-order valence-electron chi connectivity index (χ2n) is 4.84. The van der Waals surface area contributed by atoms with Crippen molar-refractivity contribution in [3.05, 3.63) is 53.9 Å². The van der Waals surface area contributed by atoms with Gasteiger partial charge in [0.2, 0.25) is 0 Å². The van der Waals surface area contributed by atoms with Gasteiger partial charge in [0.25, 0.3) is 5.91 Å². The molecule has 2 aromatic rings. The zero-order chi connectivity index (χ0) is 15.2. The van der Waals surface area contributed by atoms with E-state index in [9.17, 15) is 4.79 Å². The maximum absolute atomic E-state index is 11.8. The third-order valence-corrected chi connectivity index (χ3v) is 2.74. The molecule has 0 saturated carbocycles. The van der Waals surface area contributed by atoms with Gasteiger partial charge in [-0.2, -0.15) is 5.26 Å². The first kappa shape index (κ1) is 14.5. The highest BCUT2D eigenvalue weighted by molar-refractivity contribution is 5.92. The van der Waals surface area contributed by atoms with E-state index in [1.165, 1.54) is 0 Å². The SMILES string of the molecule is CC(C)NC(=O)c1ccc(Nc2ccccc2C#N)cn1. The minimum absolute atomic E-state index is 0.0691. The molecule has 0 spiro atoms. The van der Waals surface area contributed by atoms with E-state index < -0.39 is 0 Å². The van der Waals surface area contributed by atoms with Gasteiger partial charge in [-0.25, -0.2) is 4.98 Å². The maximum atomic E-state index is 11.8. The molecule has 2 rings (SSSR count). The van der Waals surface area contributed by atoms with E-state index >= 15 is 0 Å². The number of para-hydroxylation sites is 1. The zero-order valence-corrected chi connectivity index (χ0v) is 11.9. The van der Waals surface area contributed by atoms with Crippen molar-refractivity contribution in [2.24, 2.45) is 0 Å². The number of nitrogens with zero attached hydrogens (tertiary/aromatic N) is 2. The predicted molar refractivity (Wildman–Crippen MR) is 81.3 cm³/mol. The molecule has 0 aliphatic carbocycles. The summed E-state index contributed by atoms with van der Waals surface area (Å²) in [4.78, 5) is 15.9. The van der Waals surface area contributed by atoms with Crippen LogP contribution >= 0.6 is 0 Å². The number of pyridine rings is 1. The number of carbonyl (C=O) groups is 1. The van der Waals surface area contributed by atoms with Gasteiger partial charge < -0.3 is 10.6 Å². The quantitative estimate of drug-likeness (QED) is 0.902. The van der Waals surface area contributed by atoms with E-state index in [1.807, 2.05) is 26.0 Å². The minimum Gasteiger partial charge on any atom is -0.353 e. The Hall–Kier alpha value is -2.87. The van der Waals surface area contributed by atoms with Gasteiger partial charge >= 0.3 is 0 Å². The molecule has 0 aliphatic rings. The Labute approximate surface area is 123 Å². The molecular weight excluding hydrogens is 264 g/mol. The summed E-state index contributed by atoms with van der Waals surface area (Å²) in [7, 11) is 0. The van der Waals surface area contributed by atoms with Crippen molar-refractivity contribution in [1.29, 1.82) is 5.26 Å².